The molecule has 6 heteroatoms. The molecule has 2 amide bonds. The van der Waals surface area contributed by atoms with Gasteiger partial charge in [-0.2, -0.15) is 0 Å². The van der Waals surface area contributed by atoms with E-state index in [1.165, 1.54) is 0 Å². The molecule has 1 atom stereocenters. The summed E-state index contributed by atoms with van der Waals surface area (Å²) < 4.78 is 10.7. The van der Waals surface area contributed by atoms with Crippen molar-refractivity contribution >= 4 is 12.0 Å². The quantitative estimate of drug-likeness (QED) is 0.796. The lowest BCUT2D eigenvalue weighted by Gasteiger charge is -2.28. The van der Waals surface area contributed by atoms with Gasteiger partial charge in [-0.1, -0.05) is 13.8 Å². The summed E-state index contributed by atoms with van der Waals surface area (Å²) in [6, 6.07) is 0. The molecular weight excluding hydrogens is 284 g/mol. The number of carbonyl (C=O) groups excluding carboxylic acids is 2. The van der Waals surface area contributed by atoms with Crippen LogP contribution in [0.1, 0.15) is 33.1 Å². The first-order valence-electron chi connectivity index (χ1n) is 8.36. The van der Waals surface area contributed by atoms with Crippen LogP contribution in [0.15, 0.2) is 0 Å². The molecule has 0 aromatic rings. The van der Waals surface area contributed by atoms with Crippen LogP contribution in [0.5, 0.6) is 0 Å². The van der Waals surface area contributed by atoms with Crippen LogP contribution in [0, 0.1) is 11.8 Å². The maximum atomic E-state index is 12.5. The Kier molecular flexibility index (Phi) is 6.49. The largest absolute Gasteiger partial charge is 0.449 e. The van der Waals surface area contributed by atoms with Gasteiger partial charge in [0.05, 0.1) is 19.1 Å². The van der Waals surface area contributed by atoms with Gasteiger partial charge in [0.1, 0.15) is 0 Å². The van der Waals surface area contributed by atoms with E-state index in [0.29, 0.717) is 45.3 Å². The minimum atomic E-state index is -0.260. The number of hydrogen-bond acceptors (Lipinski definition) is 4. The van der Waals surface area contributed by atoms with Crippen molar-refractivity contribution in [3.63, 3.8) is 0 Å². The summed E-state index contributed by atoms with van der Waals surface area (Å²) in [5, 5.41) is 0. The van der Waals surface area contributed by atoms with Gasteiger partial charge >= 0.3 is 6.09 Å². The summed E-state index contributed by atoms with van der Waals surface area (Å²) in [5.41, 5.74) is 0. The van der Waals surface area contributed by atoms with Crippen molar-refractivity contribution in [3.05, 3.63) is 0 Å². The van der Waals surface area contributed by atoms with E-state index < -0.39 is 0 Å². The Labute approximate surface area is 132 Å². The summed E-state index contributed by atoms with van der Waals surface area (Å²) in [6.07, 6.45) is 2.41. The SMILES string of the molecule is CC(C)COC(=O)N1CCCN(C(=O)C2CCCOC2)CC1. The van der Waals surface area contributed by atoms with E-state index in [-0.39, 0.29) is 17.9 Å². The topological polar surface area (TPSA) is 59.1 Å². The third-order valence-corrected chi connectivity index (χ3v) is 4.12. The van der Waals surface area contributed by atoms with E-state index in [9.17, 15) is 9.59 Å². The van der Waals surface area contributed by atoms with Gasteiger partial charge in [0.2, 0.25) is 5.91 Å². The van der Waals surface area contributed by atoms with Gasteiger partial charge in [-0.25, -0.2) is 4.79 Å². The Balaban J connectivity index is 1.81. The zero-order valence-corrected chi connectivity index (χ0v) is 13.8. The molecule has 0 saturated carbocycles. The van der Waals surface area contributed by atoms with E-state index in [2.05, 4.69) is 0 Å². The van der Waals surface area contributed by atoms with Crippen LogP contribution < -0.4 is 0 Å². The van der Waals surface area contributed by atoms with Gasteiger partial charge < -0.3 is 19.3 Å². The second-order valence-corrected chi connectivity index (χ2v) is 6.55. The van der Waals surface area contributed by atoms with Crippen molar-refractivity contribution in [1.82, 2.24) is 9.80 Å². The normalized spacial score (nSPS) is 23.3. The van der Waals surface area contributed by atoms with Crippen molar-refractivity contribution < 1.29 is 19.1 Å². The third kappa shape index (κ3) is 4.87. The third-order valence-electron chi connectivity index (χ3n) is 4.12. The lowest BCUT2D eigenvalue weighted by molar-refractivity contribution is -0.139. The molecular formula is C16H28N2O4. The van der Waals surface area contributed by atoms with Gasteiger partial charge in [0, 0.05) is 32.8 Å². The molecule has 0 aliphatic carbocycles. The fraction of sp³-hybridized carbons (Fsp3) is 0.875. The standard InChI is InChI=1S/C16H28N2O4/c1-13(2)11-22-16(20)18-7-4-6-17(8-9-18)15(19)14-5-3-10-21-12-14/h13-14H,3-12H2,1-2H3. The highest BCUT2D eigenvalue weighted by Gasteiger charge is 2.29. The first kappa shape index (κ1) is 17.1. The smallest absolute Gasteiger partial charge is 0.409 e. The lowest BCUT2D eigenvalue weighted by Crippen LogP contribution is -2.42. The molecule has 22 heavy (non-hydrogen) atoms. The fourth-order valence-electron chi connectivity index (χ4n) is 2.84. The fourth-order valence-corrected chi connectivity index (χ4v) is 2.84. The van der Waals surface area contributed by atoms with Gasteiger partial charge in [0.15, 0.2) is 0 Å². The molecule has 6 nitrogen and oxygen atoms in total. The molecule has 0 N–H and O–H groups in total. The van der Waals surface area contributed by atoms with E-state index in [1.54, 1.807) is 4.90 Å². The molecule has 2 heterocycles. The molecule has 2 saturated heterocycles. The summed E-state index contributed by atoms with van der Waals surface area (Å²) in [6.45, 7) is 8.28. The van der Waals surface area contributed by atoms with Crippen molar-refractivity contribution in [3.8, 4) is 0 Å². The summed E-state index contributed by atoms with van der Waals surface area (Å²) in [4.78, 5) is 28.1. The average Bonchev–Trinajstić information content (AvgIpc) is 2.78. The van der Waals surface area contributed by atoms with Gasteiger partial charge in [-0.05, 0) is 25.2 Å². The molecule has 2 rings (SSSR count). The molecule has 0 radical (unpaired) electrons. The lowest BCUT2D eigenvalue weighted by atomic mass is 10.0. The molecule has 1 unspecified atom stereocenters. The van der Waals surface area contributed by atoms with E-state index in [4.69, 9.17) is 9.47 Å². The molecule has 0 aromatic heterocycles. The monoisotopic (exact) mass is 312 g/mol. The van der Waals surface area contributed by atoms with E-state index in [0.717, 1.165) is 25.9 Å². The predicted molar refractivity (Wildman–Crippen MR) is 82.5 cm³/mol. The maximum Gasteiger partial charge on any atom is 0.409 e. The van der Waals surface area contributed by atoms with Crippen LogP contribution in [0.4, 0.5) is 4.79 Å². The van der Waals surface area contributed by atoms with Gasteiger partial charge in [0.25, 0.3) is 0 Å². The first-order chi connectivity index (χ1) is 10.6. The highest BCUT2D eigenvalue weighted by molar-refractivity contribution is 5.79. The van der Waals surface area contributed by atoms with Gasteiger partial charge in [-0.3, -0.25) is 4.79 Å². The highest BCUT2D eigenvalue weighted by atomic mass is 16.6. The molecule has 2 fully saturated rings. The second kappa shape index (κ2) is 8.36. The minimum absolute atomic E-state index is 0.00630. The Morgan fingerprint density at radius 2 is 1.86 bits per heavy atom. The average molecular weight is 312 g/mol. The zero-order chi connectivity index (χ0) is 15.9. The molecule has 0 bridgehead atoms. The number of nitrogens with zero attached hydrogens (tertiary/aromatic N) is 2. The van der Waals surface area contributed by atoms with Crippen molar-refractivity contribution in [2.45, 2.75) is 33.1 Å². The van der Waals surface area contributed by atoms with Crippen molar-refractivity contribution in [2.75, 3.05) is 46.0 Å². The minimum Gasteiger partial charge on any atom is -0.449 e. The number of ether oxygens (including phenoxy) is 2. The molecule has 2 aliphatic rings. The Morgan fingerprint density at radius 1 is 1.14 bits per heavy atom. The van der Waals surface area contributed by atoms with Crippen molar-refractivity contribution in [1.29, 1.82) is 0 Å². The molecule has 2 aliphatic heterocycles. The summed E-state index contributed by atoms with van der Waals surface area (Å²) >= 11 is 0. The number of amides is 2. The first-order valence-corrected chi connectivity index (χ1v) is 8.36. The maximum absolute atomic E-state index is 12.5. The van der Waals surface area contributed by atoms with E-state index >= 15 is 0 Å². The van der Waals surface area contributed by atoms with Crippen molar-refractivity contribution in [2.24, 2.45) is 11.8 Å². The number of hydrogen-bond donors (Lipinski definition) is 0. The van der Waals surface area contributed by atoms with Crippen LogP contribution >= 0.6 is 0 Å². The van der Waals surface area contributed by atoms with Crippen LogP contribution in [-0.2, 0) is 14.3 Å². The summed E-state index contributed by atoms with van der Waals surface area (Å²) in [5.74, 6) is 0.505. The van der Waals surface area contributed by atoms with E-state index in [1.807, 2.05) is 18.7 Å². The molecule has 0 aromatic carbocycles. The highest BCUT2D eigenvalue weighted by Crippen LogP contribution is 2.17. The second-order valence-electron chi connectivity index (χ2n) is 6.55. The van der Waals surface area contributed by atoms with Gasteiger partial charge in [-0.15, -0.1) is 0 Å². The van der Waals surface area contributed by atoms with Crippen LogP contribution in [0.25, 0.3) is 0 Å². The Hall–Kier alpha value is -1.30. The Bertz CT molecular complexity index is 380. The van der Waals surface area contributed by atoms with Crippen LogP contribution in [0.2, 0.25) is 0 Å². The predicted octanol–water partition coefficient (Wildman–Crippen LogP) is 1.74. The van der Waals surface area contributed by atoms with Crippen LogP contribution in [0.3, 0.4) is 0 Å². The molecule has 126 valence electrons. The van der Waals surface area contributed by atoms with Crippen LogP contribution in [-0.4, -0.2) is 67.8 Å². The number of carbonyl (C=O) groups is 2. The molecule has 0 spiro atoms. The Morgan fingerprint density at radius 3 is 2.55 bits per heavy atom. The number of rotatable bonds is 3. The zero-order valence-electron chi connectivity index (χ0n) is 13.8. The summed E-state index contributed by atoms with van der Waals surface area (Å²) in [7, 11) is 0.